The lowest BCUT2D eigenvalue weighted by Crippen LogP contribution is -2.48. The number of likely N-dealkylation sites (tertiary alicyclic amines) is 1. The molecule has 146 valence electrons. The highest BCUT2D eigenvalue weighted by Crippen LogP contribution is 2.15. The molecule has 1 aliphatic rings. The van der Waals surface area contributed by atoms with Gasteiger partial charge in [0, 0.05) is 25.7 Å². The Bertz CT molecular complexity index is 539. The van der Waals surface area contributed by atoms with Crippen molar-refractivity contribution in [3.8, 4) is 5.75 Å². The van der Waals surface area contributed by atoms with Gasteiger partial charge in [0.2, 0.25) is 0 Å². The van der Waals surface area contributed by atoms with E-state index in [1.807, 2.05) is 12.1 Å². The van der Waals surface area contributed by atoms with Crippen molar-refractivity contribution < 1.29 is 4.74 Å². The average Bonchev–Trinajstić information content (AvgIpc) is 2.67. The summed E-state index contributed by atoms with van der Waals surface area (Å²) in [4.78, 5) is 7.34. The fourth-order valence-corrected chi connectivity index (χ4v) is 3.25. The van der Waals surface area contributed by atoms with Crippen molar-refractivity contribution in [2.45, 2.75) is 59.0 Å². The highest BCUT2D eigenvalue weighted by Gasteiger charge is 2.19. The lowest BCUT2D eigenvalue weighted by Gasteiger charge is -2.32. The predicted molar refractivity (Wildman–Crippen MR) is 110 cm³/mol. The van der Waals surface area contributed by atoms with E-state index in [0.717, 1.165) is 31.3 Å². The number of piperidine rings is 1. The zero-order valence-electron chi connectivity index (χ0n) is 16.8. The van der Waals surface area contributed by atoms with Gasteiger partial charge in [0.25, 0.3) is 0 Å². The molecule has 1 aromatic rings. The Kier molecular flexibility index (Phi) is 9.32. The van der Waals surface area contributed by atoms with Crippen LogP contribution in [0.2, 0.25) is 0 Å². The number of rotatable bonds is 9. The Labute approximate surface area is 159 Å². The molecule has 26 heavy (non-hydrogen) atoms. The van der Waals surface area contributed by atoms with Gasteiger partial charge in [0.05, 0.1) is 13.2 Å². The van der Waals surface area contributed by atoms with Crippen LogP contribution in [0.15, 0.2) is 29.3 Å². The van der Waals surface area contributed by atoms with Gasteiger partial charge in [0.15, 0.2) is 5.96 Å². The fraction of sp³-hybridized carbons (Fsp3) is 0.667. The van der Waals surface area contributed by atoms with Crippen LogP contribution in [0.5, 0.6) is 5.75 Å². The third kappa shape index (κ3) is 7.24. The highest BCUT2D eigenvalue weighted by atomic mass is 16.5. The van der Waals surface area contributed by atoms with Gasteiger partial charge in [-0.15, -0.1) is 0 Å². The van der Waals surface area contributed by atoms with Gasteiger partial charge < -0.3 is 20.3 Å². The highest BCUT2D eigenvalue weighted by molar-refractivity contribution is 5.80. The average molecular weight is 361 g/mol. The molecule has 0 unspecified atom stereocenters. The number of hydrogen-bond acceptors (Lipinski definition) is 3. The summed E-state index contributed by atoms with van der Waals surface area (Å²) >= 11 is 0. The standard InChI is InChI=1S/C21H36N4O/c1-4-12-25-13-10-19(11-14-25)24-21(22-6-3)23-17-18-8-7-9-20(16-18)26-15-5-2/h7-9,16,19H,4-6,10-15,17H2,1-3H3,(H2,22,23,24). The first-order chi connectivity index (χ1) is 12.7. The van der Waals surface area contributed by atoms with Crippen molar-refractivity contribution in [2.75, 3.05) is 32.8 Å². The van der Waals surface area contributed by atoms with Crippen LogP contribution < -0.4 is 15.4 Å². The number of nitrogens with one attached hydrogen (secondary N) is 2. The summed E-state index contributed by atoms with van der Waals surface area (Å²) < 4.78 is 5.72. The van der Waals surface area contributed by atoms with Crippen molar-refractivity contribution >= 4 is 5.96 Å². The minimum atomic E-state index is 0.514. The first-order valence-corrected chi connectivity index (χ1v) is 10.2. The molecule has 5 heteroatoms. The van der Waals surface area contributed by atoms with E-state index in [1.165, 1.54) is 44.5 Å². The second-order valence-electron chi connectivity index (χ2n) is 6.95. The van der Waals surface area contributed by atoms with Crippen molar-refractivity contribution in [1.82, 2.24) is 15.5 Å². The van der Waals surface area contributed by atoms with Gasteiger partial charge in [-0.1, -0.05) is 26.0 Å². The van der Waals surface area contributed by atoms with Gasteiger partial charge in [-0.2, -0.15) is 0 Å². The van der Waals surface area contributed by atoms with E-state index >= 15 is 0 Å². The van der Waals surface area contributed by atoms with Gasteiger partial charge in [-0.3, -0.25) is 0 Å². The Morgan fingerprint density at radius 1 is 1.19 bits per heavy atom. The summed E-state index contributed by atoms with van der Waals surface area (Å²) in [6.07, 6.45) is 4.63. The normalized spacial score (nSPS) is 16.5. The van der Waals surface area contributed by atoms with Crippen LogP contribution in [0.25, 0.3) is 0 Å². The van der Waals surface area contributed by atoms with Crippen LogP contribution in [-0.4, -0.2) is 49.7 Å². The molecule has 0 aromatic heterocycles. The van der Waals surface area contributed by atoms with Crippen LogP contribution in [0, 0.1) is 0 Å². The summed E-state index contributed by atoms with van der Waals surface area (Å²) in [6.45, 7) is 12.4. The quantitative estimate of drug-likeness (QED) is 0.523. The third-order valence-electron chi connectivity index (χ3n) is 4.60. The van der Waals surface area contributed by atoms with Gasteiger partial charge in [-0.25, -0.2) is 4.99 Å². The summed E-state index contributed by atoms with van der Waals surface area (Å²) in [6, 6.07) is 8.76. The Hall–Kier alpha value is -1.75. The van der Waals surface area contributed by atoms with Crippen molar-refractivity contribution in [3.63, 3.8) is 0 Å². The molecule has 0 amide bonds. The van der Waals surface area contributed by atoms with Gasteiger partial charge in [0.1, 0.15) is 5.75 Å². The molecular formula is C21H36N4O. The minimum Gasteiger partial charge on any atom is -0.494 e. The second-order valence-corrected chi connectivity index (χ2v) is 6.95. The molecule has 1 heterocycles. The molecule has 2 N–H and O–H groups in total. The molecule has 2 rings (SSSR count). The number of benzene rings is 1. The van der Waals surface area contributed by atoms with Gasteiger partial charge in [-0.05, 0) is 56.8 Å². The second kappa shape index (κ2) is 11.8. The molecule has 0 spiro atoms. The first kappa shape index (κ1) is 20.6. The summed E-state index contributed by atoms with van der Waals surface area (Å²) in [5.74, 6) is 1.85. The molecule has 0 radical (unpaired) electrons. The molecule has 0 aliphatic carbocycles. The van der Waals surface area contributed by atoms with Crippen LogP contribution in [0.3, 0.4) is 0 Å². The lowest BCUT2D eigenvalue weighted by atomic mass is 10.1. The molecule has 0 atom stereocenters. The van der Waals surface area contributed by atoms with E-state index in [2.05, 4.69) is 48.4 Å². The summed E-state index contributed by atoms with van der Waals surface area (Å²) in [7, 11) is 0. The third-order valence-corrected chi connectivity index (χ3v) is 4.60. The molecule has 1 aliphatic heterocycles. The molecule has 1 saturated heterocycles. The number of guanidine groups is 1. The van der Waals surface area contributed by atoms with Crippen molar-refractivity contribution in [2.24, 2.45) is 4.99 Å². The monoisotopic (exact) mass is 360 g/mol. The van der Waals surface area contributed by atoms with Crippen LogP contribution in [0.4, 0.5) is 0 Å². The Morgan fingerprint density at radius 3 is 2.69 bits per heavy atom. The molecule has 0 bridgehead atoms. The summed E-state index contributed by atoms with van der Waals surface area (Å²) in [5, 5.41) is 7.00. The van der Waals surface area contributed by atoms with E-state index in [-0.39, 0.29) is 0 Å². The topological polar surface area (TPSA) is 48.9 Å². The van der Waals surface area contributed by atoms with E-state index in [9.17, 15) is 0 Å². The van der Waals surface area contributed by atoms with Crippen LogP contribution in [0.1, 0.15) is 52.0 Å². The number of ether oxygens (including phenoxy) is 1. The van der Waals surface area contributed by atoms with E-state index in [4.69, 9.17) is 9.73 Å². The molecular weight excluding hydrogens is 324 g/mol. The van der Waals surface area contributed by atoms with E-state index in [1.54, 1.807) is 0 Å². The number of aliphatic imine (C=N–C) groups is 1. The van der Waals surface area contributed by atoms with Crippen molar-refractivity contribution in [3.05, 3.63) is 29.8 Å². The summed E-state index contributed by atoms with van der Waals surface area (Å²) in [5.41, 5.74) is 1.17. The van der Waals surface area contributed by atoms with Crippen molar-refractivity contribution in [1.29, 1.82) is 0 Å². The lowest BCUT2D eigenvalue weighted by molar-refractivity contribution is 0.206. The first-order valence-electron chi connectivity index (χ1n) is 10.2. The number of nitrogens with zero attached hydrogens (tertiary/aromatic N) is 2. The molecule has 5 nitrogen and oxygen atoms in total. The van der Waals surface area contributed by atoms with Gasteiger partial charge >= 0.3 is 0 Å². The molecule has 1 aromatic carbocycles. The maximum absolute atomic E-state index is 5.72. The van der Waals surface area contributed by atoms with E-state index < -0.39 is 0 Å². The Morgan fingerprint density at radius 2 is 2.00 bits per heavy atom. The van der Waals surface area contributed by atoms with E-state index in [0.29, 0.717) is 12.6 Å². The van der Waals surface area contributed by atoms with Crippen LogP contribution >= 0.6 is 0 Å². The minimum absolute atomic E-state index is 0.514. The smallest absolute Gasteiger partial charge is 0.191 e. The zero-order chi connectivity index (χ0) is 18.6. The fourth-order valence-electron chi connectivity index (χ4n) is 3.25. The largest absolute Gasteiger partial charge is 0.494 e. The maximum atomic E-state index is 5.72. The Balaban J connectivity index is 1.88. The van der Waals surface area contributed by atoms with Crippen LogP contribution in [-0.2, 0) is 6.54 Å². The SMILES string of the molecule is CCCOc1cccc(CN=C(NCC)NC2CCN(CCC)CC2)c1. The molecule has 0 saturated carbocycles. The molecule has 1 fully saturated rings. The number of hydrogen-bond donors (Lipinski definition) is 2. The predicted octanol–water partition coefficient (Wildman–Crippen LogP) is 3.40. The maximum Gasteiger partial charge on any atom is 0.191 e. The zero-order valence-corrected chi connectivity index (χ0v) is 16.8.